The lowest BCUT2D eigenvalue weighted by Gasteiger charge is -2.09. The van der Waals surface area contributed by atoms with E-state index in [-0.39, 0.29) is 16.8 Å². The lowest BCUT2D eigenvalue weighted by molar-refractivity contribution is 0.0994. The highest BCUT2D eigenvalue weighted by atomic mass is 127. The Bertz CT molecular complexity index is 382. The number of alkyl halides is 2. The zero-order valence-electron chi connectivity index (χ0n) is 7.22. The first-order valence-corrected chi connectivity index (χ1v) is 4.76. The Morgan fingerprint density at radius 2 is 2.21 bits per heavy atom. The number of nitrogens with two attached hydrogens (primary N) is 1. The largest absolute Gasteiger partial charge is 0.364 e. The molecule has 0 aliphatic carbocycles. The first-order chi connectivity index (χ1) is 6.45. The number of carbonyl (C=O) groups is 1. The monoisotopic (exact) mass is 312 g/mol. The van der Waals surface area contributed by atoms with E-state index in [1.807, 2.05) is 0 Å². The summed E-state index contributed by atoms with van der Waals surface area (Å²) in [6, 6.07) is 0. The highest BCUT2D eigenvalue weighted by Crippen LogP contribution is 2.28. The van der Waals surface area contributed by atoms with Gasteiger partial charge in [0.25, 0.3) is 12.3 Å². The van der Waals surface area contributed by atoms with E-state index in [2.05, 4.69) is 4.98 Å². The van der Waals surface area contributed by atoms with Crippen LogP contribution in [-0.2, 0) is 0 Å². The fourth-order valence-corrected chi connectivity index (χ4v) is 1.89. The molecule has 6 heteroatoms. The van der Waals surface area contributed by atoms with E-state index >= 15 is 0 Å². The molecule has 1 rings (SSSR count). The molecule has 0 unspecified atom stereocenters. The smallest absolute Gasteiger partial charge is 0.267 e. The third kappa shape index (κ3) is 1.99. The van der Waals surface area contributed by atoms with Gasteiger partial charge < -0.3 is 5.73 Å². The summed E-state index contributed by atoms with van der Waals surface area (Å²) in [4.78, 5) is 14.5. The molecule has 3 nitrogen and oxygen atoms in total. The van der Waals surface area contributed by atoms with Gasteiger partial charge >= 0.3 is 0 Å². The maximum atomic E-state index is 12.5. The molecule has 0 aliphatic heterocycles. The van der Waals surface area contributed by atoms with Crippen molar-refractivity contribution in [1.29, 1.82) is 0 Å². The lowest BCUT2D eigenvalue weighted by Crippen LogP contribution is -2.16. The maximum Gasteiger partial charge on any atom is 0.267 e. The molecule has 1 amide bonds. The molecule has 0 spiro atoms. The molecule has 14 heavy (non-hydrogen) atoms. The van der Waals surface area contributed by atoms with Crippen LogP contribution in [0.4, 0.5) is 8.78 Å². The molecule has 0 saturated heterocycles. The van der Waals surface area contributed by atoms with Crippen molar-refractivity contribution in [2.45, 2.75) is 13.3 Å². The molecule has 0 bridgehead atoms. The molecule has 1 aromatic heterocycles. The first kappa shape index (κ1) is 11.3. The van der Waals surface area contributed by atoms with Gasteiger partial charge in [-0.2, -0.15) is 0 Å². The summed E-state index contributed by atoms with van der Waals surface area (Å²) in [5, 5.41) is 0. The predicted octanol–water partition coefficient (Wildman–Crippen LogP) is 2.03. The van der Waals surface area contributed by atoms with Crippen molar-refractivity contribution in [3.05, 3.63) is 26.6 Å². The van der Waals surface area contributed by atoms with E-state index < -0.39 is 12.3 Å². The molecule has 0 radical (unpaired) electrons. The molecule has 0 aromatic carbocycles. The van der Waals surface area contributed by atoms with Crippen LogP contribution in [0.1, 0.15) is 28.0 Å². The minimum absolute atomic E-state index is 0.0966. The number of hydrogen-bond donors (Lipinski definition) is 1. The molecule has 1 heterocycles. The van der Waals surface area contributed by atoms with E-state index in [0.29, 0.717) is 3.57 Å². The predicted molar refractivity (Wildman–Crippen MR) is 55.2 cm³/mol. The molecule has 0 aliphatic rings. The number of pyridine rings is 1. The summed E-state index contributed by atoms with van der Waals surface area (Å²) in [5.74, 6) is -0.791. The van der Waals surface area contributed by atoms with Gasteiger partial charge in [0, 0.05) is 15.3 Å². The molecule has 76 valence electrons. The van der Waals surface area contributed by atoms with Gasteiger partial charge in [0.1, 0.15) is 5.69 Å². The quantitative estimate of drug-likeness (QED) is 0.850. The molecule has 1 aromatic rings. The topological polar surface area (TPSA) is 56.0 Å². The molecular formula is C8H7F2IN2O. The zero-order valence-corrected chi connectivity index (χ0v) is 9.38. The minimum atomic E-state index is -2.62. The molecule has 0 fully saturated rings. The highest BCUT2D eigenvalue weighted by molar-refractivity contribution is 14.1. The van der Waals surface area contributed by atoms with E-state index in [0.717, 1.165) is 0 Å². The lowest BCUT2D eigenvalue weighted by atomic mass is 10.1. The standard InChI is InChI=1S/C8H7F2IN2O/c1-3-5(7(9)10)4(11)2-13-6(3)8(12)14/h2,7H,1H3,(H2,12,14). The summed E-state index contributed by atoms with van der Waals surface area (Å²) in [5.41, 5.74) is 4.87. The van der Waals surface area contributed by atoms with E-state index in [4.69, 9.17) is 5.73 Å². The first-order valence-electron chi connectivity index (χ1n) is 3.68. The molecule has 2 N–H and O–H groups in total. The number of carbonyl (C=O) groups excluding carboxylic acids is 1. The van der Waals surface area contributed by atoms with E-state index in [1.165, 1.54) is 13.1 Å². The number of rotatable bonds is 2. The number of nitrogens with zero attached hydrogens (tertiary/aromatic N) is 1. The van der Waals surface area contributed by atoms with E-state index in [9.17, 15) is 13.6 Å². The minimum Gasteiger partial charge on any atom is -0.364 e. The second kappa shape index (κ2) is 4.16. The summed E-state index contributed by atoms with van der Waals surface area (Å²) >= 11 is 1.75. The summed E-state index contributed by atoms with van der Waals surface area (Å²) in [6.07, 6.45) is -1.40. The van der Waals surface area contributed by atoms with Crippen molar-refractivity contribution in [2.24, 2.45) is 5.73 Å². The van der Waals surface area contributed by atoms with Crippen LogP contribution in [0.5, 0.6) is 0 Å². The van der Waals surface area contributed by atoms with Crippen LogP contribution in [0.2, 0.25) is 0 Å². The van der Waals surface area contributed by atoms with Crippen LogP contribution < -0.4 is 5.73 Å². The van der Waals surface area contributed by atoms with Crippen molar-refractivity contribution in [2.75, 3.05) is 0 Å². The molecule has 0 atom stereocenters. The van der Waals surface area contributed by atoms with Crippen LogP contribution in [0.25, 0.3) is 0 Å². The highest BCUT2D eigenvalue weighted by Gasteiger charge is 2.19. The van der Waals surface area contributed by atoms with Gasteiger partial charge in [-0.25, -0.2) is 13.8 Å². The van der Waals surface area contributed by atoms with Gasteiger partial charge in [-0.3, -0.25) is 4.79 Å². The van der Waals surface area contributed by atoms with Gasteiger partial charge in [0.2, 0.25) is 0 Å². The summed E-state index contributed by atoms with van der Waals surface area (Å²) in [6.45, 7) is 1.41. The average molecular weight is 312 g/mol. The van der Waals surface area contributed by atoms with Gasteiger partial charge in [0.15, 0.2) is 0 Å². The number of primary amides is 1. The number of halogens is 3. The van der Waals surface area contributed by atoms with Gasteiger partial charge in [-0.1, -0.05) is 0 Å². The number of aromatic nitrogens is 1. The van der Waals surface area contributed by atoms with Crippen molar-refractivity contribution in [3.63, 3.8) is 0 Å². The third-order valence-electron chi connectivity index (χ3n) is 1.78. The van der Waals surface area contributed by atoms with Crippen LogP contribution in [-0.4, -0.2) is 10.9 Å². The Hall–Kier alpha value is -0.790. The van der Waals surface area contributed by atoms with E-state index in [1.54, 1.807) is 22.6 Å². The molecule has 0 saturated carbocycles. The van der Waals surface area contributed by atoms with Crippen LogP contribution in [0.15, 0.2) is 6.20 Å². The summed E-state index contributed by atoms with van der Waals surface area (Å²) < 4.78 is 25.4. The van der Waals surface area contributed by atoms with Gasteiger partial charge in [0.05, 0.1) is 0 Å². The zero-order chi connectivity index (χ0) is 10.9. The SMILES string of the molecule is Cc1c(C(N)=O)ncc(I)c1C(F)F. The van der Waals surface area contributed by atoms with Gasteiger partial charge in [-0.05, 0) is 35.1 Å². The fraction of sp³-hybridized carbons (Fsp3) is 0.250. The van der Waals surface area contributed by atoms with Crippen molar-refractivity contribution in [1.82, 2.24) is 4.98 Å². The van der Waals surface area contributed by atoms with Crippen molar-refractivity contribution < 1.29 is 13.6 Å². The van der Waals surface area contributed by atoms with Gasteiger partial charge in [-0.15, -0.1) is 0 Å². The van der Waals surface area contributed by atoms with Crippen LogP contribution in [0.3, 0.4) is 0 Å². The molecular weight excluding hydrogens is 305 g/mol. The second-order valence-electron chi connectivity index (χ2n) is 2.66. The number of hydrogen-bond acceptors (Lipinski definition) is 2. The normalized spacial score (nSPS) is 10.6. The Labute approximate surface area is 92.8 Å². The second-order valence-corrected chi connectivity index (χ2v) is 3.82. The number of amides is 1. The fourth-order valence-electron chi connectivity index (χ4n) is 1.11. The average Bonchev–Trinajstić information content (AvgIpc) is 2.02. The van der Waals surface area contributed by atoms with Crippen LogP contribution >= 0.6 is 22.6 Å². The Morgan fingerprint density at radius 1 is 1.64 bits per heavy atom. The van der Waals surface area contributed by atoms with Crippen molar-refractivity contribution in [3.8, 4) is 0 Å². The maximum absolute atomic E-state index is 12.5. The summed E-state index contributed by atoms with van der Waals surface area (Å²) in [7, 11) is 0. The van der Waals surface area contributed by atoms with Crippen molar-refractivity contribution >= 4 is 28.5 Å². The Morgan fingerprint density at radius 3 is 2.64 bits per heavy atom. The third-order valence-corrected chi connectivity index (χ3v) is 2.63. The Kier molecular flexibility index (Phi) is 3.35. The Balaban J connectivity index is 3.41. The van der Waals surface area contributed by atoms with Crippen LogP contribution in [0, 0.1) is 10.5 Å².